The molecule has 0 aliphatic heterocycles. The Labute approximate surface area is 94.9 Å². The first-order chi connectivity index (χ1) is 6.43. The van der Waals surface area contributed by atoms with Gasteiger partial charge < -0.3 is 15.2 Å². The van der Waals surface area contributed by atoms with Gasteiger partial charge in [0.15, 0.2) is 0 Å². The number of hydrogen-bond acceptors (Lipinski definition) is 3. The van der Waals surface area contributed by atoms with Crippen molar-refractivity contribution in [1.82, 2.24) is 0 Å². The molecule has 1 aromatic carbocycles. The number of carboxylic acids is 1. The zero-order valence-electron chi connectivity index (χ0n) is 7.36. The van der Waals surface area contributed by atoms with E-state index in [0.717, 1.165) is 0 Å². The van der Waals surface area contributed by atoms with Crippen molar-refractivity contribution in [1.29, 1.82) is 0 Å². The quantitative estimate of drug-likeness (QED) is 0.530. The van der Waals surface area contributed by atoms with Crippen molar-refractivity contribution in [2.45, 2.75) is 6.92 Å². The number of benzene rings is 1. The van der Waals surface area contributed by atoms with Crippen LogP contribution in [0.1, 0.15) is 15.9 Å². The summed E-state index contributed by atoms with van der Waals surface area (Å²) in [7, 11) is -1.64. The van der Waals surface area contributed by atoms with Crippen LogP contribution in [0.2, 0.25) is 0 Å². The van der Waals surface area contributed by atoms with Gasteiger partial charge in [0.2, 0.25) is 0 Å². The minimum Gasteiger partial charge on any atom is -0.478 e. The molecule has 0 heterocycles. The number of carbonyl (C=O) groups is 1. The monoisotopic (exact) mass is 306 g/mol. The molecular formula is C8H8BIO4. The molecule has 0 fully saturated rings. The second kappa shape index (κ2) is 4.29. The molecule has 0 aromatic heterocycles. The number of carboxylic acid groups (broad SMARTS) is 1. The van der Waals surface area contributed by atoms with E-state index in [2.05, 4.69) is 0 Å². The van der Waals surface area contributed by atoms with Crippen molar-refractivity contribution in [3.8, 4) is 0 Å². The van der Waals surface area contributed by atoms with Crippen molar-refractivity contribution in [2.24, 2.45) is 0 Å². The van der Waals surface area contributed by atoms with E-state index in [1.165, 1.54) is 6.07 Å². The number of halogens is 1. The first-order valence-corrected chi connectivity index (χ1v) is 4.91. The van der Waals surface area contributed by atoms with E-state index in [0.29, 0.717) is 9.13 Å². The molecule has 6 heteroatoms. The van der Waals surface area contributed by atoms with Gasteiger partial charge in [-0.3, -0.25) is 0 Å². The van der Waals surface area contributed by atoms with Gasteiger partial charge in [-0.05, 0) is 52.7 Å². The smallest absolute Gasteiger partial charge is 0.478 e. The SMILES string of the molecule is Cc1c(B(O)O)cc(I)cc1C(=O)O. The highest BCUT2D eigenvalue weighted by Gasteiger charge is 2.19. The van der Waals surface area contributed by atoms with Gasteiger partial charge in [0.05, 0.1) is 5.56 Å². The third kappa shape index (κ3) is 2.25. The Morgan fingerprint density at radius 3 is 2.43 bits per heavy atom. The van der Waals surface area contributed by atoms with Gasteiger partial charge in [-0.15, -0.1) is 0 Å². The van der Waals surface area contributed by atoms with Gasteiger partial charge >= 0.3 is 13.1 Å². The molecule has 1 aromatic rings. The summed E-state index contributed by atoms with van der Waals surface area (Å²) < 4.78 is 0.661. The predicted molar refractivity (Wildman–Crippen MR) is 60.7 cm³/mol. The highest BCUT2D eigenvalue weighted by molar-refractivity contribution is 14.1. The van der Waals surface area contributed by atoms with Crippen LogP contribution in [-0.2, 0) is 0 Å². The van der Waals surface area contributed by atoms with Crippen molar-refractivity contribution >= 4 is 41.1 Å². The minimum atomic E-state index is -1.64. The van der Waals surface area contributed by atoms with Crippen LogP contribution in [0.3, 0.4) is 0 Å². The lowest BCUT2D eigenvalue weighted by Gasteiger charge is -2.08. The topological polar surface area (TPSA) is 77.8 Å². The lowest BCUT2D eigenvalue weighted by atomic mass is 9.76. The maximum Gasteiger partial charge on any atom is 0.488 e. The Hall–Kier alpha value is -0.595. The molecule has 3 N–H and O–H groups in total. The first kappa shape index (κ1) is 11.5. The summed E-state index contributed by atoms with van der Waals surface area (Å²) in [6.45, 7) is 1.55. The van der Waals surface area contributed by atoms with Gasteiger partial charge in [0.25, 0.3) is 0 Å². The van der Waals surface area contributed by atoms with E-state index >= 15 is 0 Å². The summed E-state index contributed by atoms with van der Waals surface area (Å²) >= 11 is 1.93. The van der Waals surface area contributed by atoms with Crippen LogP contribution in [0, 0.1) is 10.5 Å². The van der Waals surface area contributed by atoms with E-state index < -0.39 is 13.1 Å². The van der Waals surface area contributed by atoms with E-state index in [4.69, 9.17) is 15.2 Å². The minimum absolute atomic E-state index is 0.0972. The summed E-state index contributed by atoms with van der Waals surface area (Å²) in [5.74, 6) is -1.07. The Bertz CT molecular complexity index is 378. The summed E-state index contributed by atoms with van der Waals surface area (Å²) in [4.78, 5) is 10.8. The lowest BCUT2D eigenvalue weighted by Crippen LogP contribution is -2.33. The number of rotatable bonds is 2. The zero-order chi connectivity index (χ0) is 10.9. The van der Waals surface area contributed by atoms with Crippen LogP contribution in [0.25, 0.3) is 0 Å². The maximum absolute atomic E-state index is 10.8. The van der Waals surface area contributed by atoms with Crippen LogP contribution >= 0.6 is 22.6 Å². The Balaban J connectivity index is 3.40. The van der Waals surface area contributed by atoms with Crippen LogP contribution in [0.5, 0.6) is 0 Å². The van der Waals surface area contributed by atoms with E-state index in [9.17, 15) is 4.79 Å². The van der Waals surface area contributed by atoms with Crippen molar-refractivity contribution in [3.05, 3.63) is 26.8 Å². The molecule has 0 spiro atoms. The van der Waals surface area contributed by atoms with Crippen LogP contribution in [0.15, 0.2) is 12.1 Å². The molecule has 74 valence electrons. The van der Waals surface area contributed by atoms with Crippen LogP contribution < -0.4 is 5.46 Å². The Kier molecular flexibility index (Phi) is 3.51. The fourth-order valence-corrected chi connectivity index (χ4v) is 1.84. The molecule has 0 aliphatic carbocycles. The molecule has 1 rings (SSSR count). The molecular weight excluding hydrogens is 298 g/mol. The highest BCUT2D eigenvalue weighted by Crippen LogP contribution is 2.11. The molecule has 0 amide bonds. The summed E-state index contributed by atoms with van der Waals surface area (Å²) in [5, 5.41) is 26.8. The second-order valence-corrected chi connectivity index (χ2v) is 4.09. The average molecular weight is 306 g/mol. The summed E-state index contributed by atoms with van der Waals surface area (Å²) in [6.07, 6.45) is 0. The molecule has 0 unspecified atom stereocenters. The van der Waals surface area contributed by atoms with Crippen molar-refractivity contribution in [3.63, 3.8) is 0 Å². The Morgan fingerprint density at radius 2 is 2.00 bits per heavy atom. The van der Waals surface area contributed by atoms with Gasteiger partial charge in [0, 0.05) is 3.57 Å². The van der Waals surface area contributed by atoms with Gasteiger partial charge in [0.1, 0.15) is 0 Å². The highest BCUT2D eigenvalue weighted by atomic mass is 127. The molecule has 0 bridgehead atoms. The van der Waals surface area contributed by atoms with Crippen molar-refractivity contribution in [2.75, 3.05) is 0 Å². The third-order valence-corrected chi connectivity index (χ3v) is 2.54. The average Bonchev–Trinajstić information content (AvgIpc) is 2.07. The third-order valence-electron chi connectivity index (χ3n) is 1.92. The molecule has 0 saturated carbocycles. The summed E-state index contributed by atoms with van der Waals surface area (Å²) in [6, 6.07) is 3.04. The lowest BCUT2D eigenvalue weighted by molar-refractivity contribution is 0.0696. The maximum atomic E-state index is 10.8. The molecule has 0 atom stereocenters. The molecule has 0 radical (unpaired) electrons. The van der Waals surface area contributed by atoms with Crippen LogP contribution in [0.4, 0.5) is 0 Å². The fourth-order valence-electron chi connectivity index (χ4n) is 1.19. The van der Waals surface area contributed by atoms with Crippen molar-refractivity contribution < 1.29 is 19.9 Å². The molecule has 0 saturated heterocycles. The Morgan fingerprint density at radius 1 is 1.43 bits per heavy atom. The number of hydrogen-bond donors (Lipinski definition) is 3. The predicted octanol–water partition coefficient (Wildman–Crippen LogP) is -0.0224. The second-order valence-electron chi connectivity index (χ2n) is 2.85. The van der Waals surface area contributed by atoms with Gasteiger partial charge in [-0.1, -0.05) is 0 Å². The van der Waals surface area contributed by atoms with Gasteiger partial charge in [-0.2, -0.15) is 0 Å². The van der Waals surface area contributed by atoms with E-state index in [-0.39, 0.29) is 11.0 Å². The fraction of sp³-hybridized carbons (Fsp3) is 0.125. The molecule has 4 nitrogen and oxygen atoms in total. The zero-order valence-corrected chi connectivity index (χ0v) is 9.52. The first-order valence-electron chi connectivity index (χ1n) is 3.83. The van der Waals surface area contributed by atoms with Gasteiger partial charge in [-0.25, -0.2) is 4.79 Å². The van der Waals surface area contributed by atoms with Crippen LogP contribution in [-0.4, -0.2) is 28.2 Å². The van der Waals surface area contributed by atoms with E-state index in [1.807, 2.05) is 22.6 Å². The number of aromatic carboxylic acids is 1. The standard InChI is InChI=1S/C8H8BIO4/c1-4-6(8(11)12)2-5(10)3-7(4)9(13)14/h2-3,13-14H,1H3,(H,11,12). The summed E-state index contributed by atoms with van der Waals surface area (Å²) in [5.41, 5.74) is 0.710. The largest absolute Gasteiger partial charge is 0.488 e. The molecule has 14 heavy (non-hydrogen) atoms. The molecule has 0 aliphatic rings. The van der Waals surface area contributed by atoms with E-state index in [1.54, 1.807) is 13.0 Å². The normalized spacial score (nSPS) is 10.0.